The van der Waals surface area contributed by atoms with Gasteiger partial charge in [-0.1, -0.05) is 32.0 Å². The van der Waals surface area contributed by atoms with E-state index >= 15 is 0 Å². The number of hydrogen-bond donors (Lipinski definition) is 2. The largest absolute Gasteiger partial charge is 0.465 e. The topological polar surface area (TPSA) is 50.4 Å². The van der Waals surface area contributed by atoms with Gasteiger partial charge in [0.25, 0.3) is 0 Å². The van der Waals surface area contributed by atoms with Crippen molar-refractivity contribution >= 4 is 45.3 Å². The number of aryl methyl sites for hydroxylation is 1. The van der Waals surface area contributed by atoms with Crippen molar-refractivity contribution in [3.8, 4) is 0 Å². The van der Waals surface area contributed by atoms with E-state index in [0.29, 0.717) is 16.6 Å². The van der Waals surface area contributed by atoms with Gasteiger partial charge in [-0.3, -0.25) is 0 Å². The lowest BCUT2D eigenvalue weighted by atomic mass is 9.95. The number of thiophene rings is 1. The van der Waals surface area contributed by atoms with Crippen LogP contribution >= 0.6 is 23.6 Å². The fraction of sp³-hybridized carbons (Fsp3) is 0.400. The van der Waals surface area contributed by atoms with Crippen LogP contribution in [0.2, 0.25) is 0 Å². The number of ether oxygens (including phenoxy) is 1. The summed E-state index contributed by atoms with van der Waals surface area (Å²) in [6, 6.07) is 8.13. The van der Waals surface area contributed by atoms with Crippen LogP contribution in [0.3, 0.4) is 0 Å². The summed E-state index contributed by atoms with van der Waals surface area (Å²) in [5.74, 6) is 0.0958. The number of anilines is 2. The van der Waals surface area contributed by atoms with E-state index in [1.165, 1.54) is 17.6 Å². The average Bonchev–Trinajstić information content (AvgIpc) is 2.98. The quantitative estimate of drug-likeness (QED) is 0.546. The van der Waals surface area contributed by atoms with E-state index in [2.05, 4.69) is 30.5 Å². The summed E-state index contributed by atoms with van der Waals surface area (Å²) in [4.78, 5) is 13.6. The van der Waals surface area contributed by atoms with E-state index in [9.17, 15) is 4.79 Å². The predicted molar refractivity (Wildman–Crippen MR) is 113 cm³/mol. The monoisotopic (exact) mass is 388 g/mol. The molecule has 1 aromatic heterocycles. The normalized spacial score (nSPS) is 13.2. The van der Waals surface area contributed by atoms with Crippen molar-refractivity contribution < 1.29 is 9.53 Å². The molecule has 0 saturated heterocycles. The maximum Gasteiger partial charge on any atom is 0.341 e. The number of nitrogens with one attached hydrogen (secondary N) is 2. The number of benzene rings is 1. The summed E-state index contributed by atoms with van der Waals surface area (Å²) in [5, 5.41) is 7.78. The number of thiocarbonyl (C=S) groups is 1. The third kappa shape index (κ3) is 3.91. The molecule has 0 fully saturated rings. The third-order valence-electron chi connectivity index (χ3n) is 4.62. The van der Waals surface area contributed by atoms with Crippen LogP contribution < -0.4 is 10.6 Å². The molecule has 4 nitrogen and oxygen atoms in total. The summed E-state index contributed by atoms with van der Waals surface area (Å²) >= 11 is 7.14. The highest BCUT2D eigenvalue weighted by Crippen LogP contribution is 2.38. The Morgan fingerprint density at radius 1 is 1.19 bits per heavy atom. The molecule has 0 bridgehead atoms. The molecule has 1 aliphatic rings. The van der Waals surface area contributed by atoms with Crippen LogP contribution in [0.4, 0.5) is 10.7 Å². The summed E-state index contributed by atoms with van der Waals surface area (Å²) < 4.78 is 5.02. The first-order valence-electron chi connectivity index (χ1n) is 8.91. The van der Waals surface area contributed by atoms with Crippen molar-refractivity contribution in [3.05, 3.63) is 45.8 Å². The van der Waals surface area contributed by atoms with Gasteiger partial charge in [-0.2, -0.15) is 0 Å². The predicted octanol–water partition coefficient (Wildman–Crippen LogP) is 5.35. The summed E-state index contributed by atoms with van der Waals surface area (Å²) in [6.45, 7) is 4.30. The number of esters is 1. The molecule has 3 rings (SSSR count). The van der Waals surface area contributed by atoms with Crippen LogP contribution in [0.1, 0.15) is 59.0 Å². The van der Waals surface area contributed by atoms with Crippen LogP contribution in [0.5, 0.6) is 0 Å². The van der Waals surface area contributed by atoms with E-state index in [0.717, 1.165) is 41.9 Å². The van der Waals surface area contributed by atoms with E-state index < -0.39 is 0 Å². The maximum absolute atomic E-state index is 12.3. The van der Waals surface area contributed by atoms with Crippen LogP contribution in [0.15, 0.2) is 24.3 Å². The van der Waals surface area contributed by atoms with Crippen molar-refractivity contribution in [1.82, 2.24) is 0 Å². The van der Waals surface area contributed by atoms with E-state index in [-0.39, 0.29) is 5.97 Å². The summed E-state index contributed by atoms with van der Waals surface area (Å²) in [7, 11) is 1.43. The smallest absolute Gasteiger partial charge is 0.341 e. The van der Waals surface area contributed by atoms with Crippen molar-refractivity contribution in [2.45, 2.75) is 45.4 Å². The number of hydrogen-bond acceptors (Lipinski definition) is 4. The van der Waals surface area contributed by atoms with Gasteiger partial charge in [0, 0.05) is 10.6 Å². The summed E-state index contributed by atoms with van der Waals surface area (Å²) in [5.41, 5.74) is 3.96. The Bertz CT molecular complexity index is 827. The van der Waals surface area contributed by atoms with E-state index in [4.69, 9.17) is 17.0 Å². The third-order valence-corrected chi connectivity index (χ3v) is 6.03. The molecular formula is C20H24N2O2S2. The fourth-order valence-electron chi connectivity index (χ4n) is 3.34. The maximum atomic E-state index is 12.3. The molecule has 1 aromatic carbocycles. The molecular weight excluding hydrogens is 364 g/mol. The zero-order valence-corrected chi connectivity index (χ0v) is 17.0. The second kappa shape index (κ2) is 8.18. The highest BCUT2D eigenvalue weighted by Gasteiger charge is 2.26. The van der Waals surface area contributed by atoms with Crippen LogP contribution in [-0.2, 0) is 17.6 Å². The van der Waals surface area contributed by atoms with Crippen LogP contribution in [-0.4, -0.2) is 18.2 Å². The number of carbonyl (C=O) groups is 1. The Labute approximate surface area is 164 Å². The average molecular weight is 389 g/mol. The Morgan fingerprint density at radius 3 is 2.65 bits per heavy atom. The number of rotatable bonds is 4. The molecule has 0 unspecified atom stereocenters. The molecule has 2 aromatic rings. The van der Waals surface area contributed by atoms with Gasteiger partial charge in [-0.15, -0.1) is 11.3 Å². The van der Waals surface area contributed by atoms with Crippen LogP contribution in [0.25, 0.3) is 0 Å². The van der Waals surface area contributed by atoms with Crippen molar-refractivity contribution in [2.24, 2.45) is 0 Å². The number of fused-ring (bicyclic) bond motifs is 1. The lowest BCUT2D eigenvalue weighted by molar-refractivity contribution is 0.0601. The Kier molecular flexibility index (Phi) is 5.94. The van der Waals surface area contributed by atoms with Gasteiger partial charge in [0.1, 0.15) is 5.00 Å². The van der Waals surface area contributed by atoms with Crippen molar-refractivity contribution in [2.75, 3.05) is 17.7 Å². The molecule has 0 spiro atoms. The molecule has 26 heavy (non-hydrogen) atoms. The molecule has 1 heterocycles. The second-order valence-electron chi connectivity index (χ2n) is 6.73. The Morgan fingerprint density at radius 2 is 1.92 bits per heavy atom. The lowest BCUT2D eigenvalue weighted by Gasteiger charge is -2.16. The fourth-order valence-corrected chi connectivity index (χ4v) is 4.90. The first kappa shape index (κ1) is 18.9. The van der Waals surface area contributed by atoms with Gasteiger partial charge >= 0.3 is 5.97 Å². The molecule has 0 aliphatic heterocycles. The first-order chi connectivity index (χ1) is 12.5. The molecule has 138 valence electrons. The van der Waals surface area contributed by atoms with Gasteiger partial charge in [0.05, 0.1) is 12.7 Å². The van der Waals surface area contributed by atoms with Gasteiger partial charge in [-0.25, -0.2) is 4.79 Å². The minimum absolute atomic E-state index is 0.294. The Hall–Kier alpha value is -1.92. The first-order valence-corrected chi connectivity index (χ1v) is 10.1. The number of para-hydroxylation sites is 1. The van der Waals surface area contributed by atoms with Gasteiger partial charge < -0.3 is 15.4 Å². The lowest BCUT2D eigenvalue weighted by Crippen LogP contribution is -2.21. The number of carbonyl (C=O) groups excluding carboxylic acids is 1. The van der Waals surface area contributed by atoms with Gasteiger partial charge in [0.15, 0.2) is 5.11 Å². The second-order valence-corrected chi connectivity index (χ2v) is 8.24. The standard InChI is InChI=1S/C20H24N2O2S2/c1-12(2)13-8-4-6-10-15(13)21-20(25)22-18-17(19(23)24-3)14-9-5-7-11-16(14)26-18/h4,6,8,10,12H,5,7,9,11H2,1-3H3,(H2,21,22,25). The minimum atomic E-state index is -0.294. The molecule has 0 radical (unpaired) electrons. The molecule has 2 N–H and O–H groups in total. The van der Waals surface area contributed by atoms with E-state index in [1.807, 2.05) is 18.2 Å². The Balaban J connectivity index is 1.84. The van der Waals surface area contributed by atoms with Crippen molar-refractivity contribution in [3.63, 3.8) is 0 Å². The zero-order valence-electron chi connectivity index (χ0n) is 15.3. The number of methoxy groups -OCH3 is 1. The molecule has 6 heteroatoms. The summed E-state index contributed by atoms with van der Waals surface area (Å²) in [6.07, 6.45) is 4.21. The van der Waals surface area contributed by atoms with Crippen LogP contribution in [0, 0.1) is 0 Å². The van der Waals surface area contributed by atoms with Gasteiger partial charge in [0.2, 0.25) is 0 Å². The SMILES string of the molecule is COC(=O)c1c(NC(=S)Nc2ccccc2C(C)C)sc2c1CCCC2. The van der Waals surface area contributed by atoms with E-state index in [1.54, 1.807) is 11.3 Å². The molecule has 0 atom stereocenters. The molecule has 0 amide bonds. The highest BCUT2D eigenvalue weighted by molar-refractivity contribution is 7.80. The zero-order chi connectivity index (χ0) is 18.7. The highest BCUT2D eigenvalue weighted by atomic mass is 32.1. The minimum Gasteiger partial charge on any atom is -0.465 e. The molecule has 1 aliphatic carbocycles. The van der Waals surface area contributed by atoms with Crippen molar-refractivity contribution in [1.29, 1.82) is 0 Å². The molecule has 0 saturated carbocycles. The van der Waals surface area contributed by atoms with Gasteiger partial charge in [-0.05, 0) is 61.0 Å².